The number of rotatable bonds is 5. The summed E-state index contributed by atoms with van der Waals surface area (Å²) in [5.74, 6) is 1.29. The summed E-state index contributed by atoms with van der Waals surface area (Å²) in [6.07, 6.45) is 0.752. The lowest BCUT2D eigenvalue weighted by Crippen LogP contribution is -2.39. The Morgan fingerprint density at radius 1 is 1.62 bits per heavy atom. The highest BCUT2D eigenvalue weighted by atomic mass is 35.5. The molecular formula is C11H17ClN2O2. The molecule has 1 atom stereocenters. The molecule has 5 heteroatoms. The van der Waals surface area contributed by atoms with E-state index in [0.29, 0.717) is 23.3 Å². The van der Waals surface area contributed by atoms with Gasteiger partial charge < -0.3 is 9.84 Å². The number of nitrogens with zero attached hydrogens (tertiary/aromatic N) is 1. The highest BCUT2D eigenvalue weighted by molar-refractivity contribution is 6.17. The van der Waals surface area contributed by atoms with E-state index in [9.17, 15) is 4.79 Å². The van der Waals surface area contributed by atoms with Crippen LogP contribution < -0.4 is 5.32 Å². The molecule has 1 aromatic rings. The normalized spacial score (nSPS) is 12.8. The van der Waals surface area contributed by atoms with Crippen LogP contribution in [-0.2, 0) is 0 Å². The van der Waals surface area contributed by atoms with Crippen LogP contribution in [0.3, 0.4) is 0 Å². The van der Waals surface area contributed by atoms with E-state index in [2.05, 4.69) is 10.5 Å². The van der Waals surface area contributed by atoms with E-state index >= 15 is 0 Å². The lowest BCUT2D eigenvalue weighted by atomic mass is 10.0. The molecule has 0 fully saturated rings. The third kappa shape index (κ3) is 3.52. The minimum atomic E-state index is -0.208. The molecule has 1 heterocycles. The van der Waals surface area contributed by atoms with Crippen molar-refractivity contribution in [2.45, 2.75) is 33.2 Å². The van der Waals surface area contributed by atoms with Gasteiger partial charge in [0, 0.05) is 18.0 Å². The van der Waals surface area contributed by atoms with Gasteiger partial charge >= 0.3 is 0 Å². The number of halogens is 1. The lowest BCUT2D eigenvalue weighted by Gasteiger charge is -2.20. The van der Waals surface area contributed by atoms with E-state index < -0.39 is 0 Å². The summed E-state index contributed by atoms with van der Waals surface area (Å²) in [4.78, 5) is 11.8. The molecule has 0 radical (unpaired) electrons. The van der Waals surface area contributed by atoms with Crippen LogP contribution in [0.1, 0.15) is 36.5 Å². The molecule has 0 aliphatic heterocycles. The first-order chi connectivity index (χ1) is 7.54. The summed E-state index contributed by atoms with van der Waals surface area (Å²) in [6, 6.07) is 1.69. The molecule has 0 bridgehead atoms. The Kier molecular flexibility index (Phi) is 4.80. The second-order valence-electron chi connectivity index (χ2n) is 4.12. The quantitative estimate of drug-likeness (QED) is 0.809. The van der Waals surface area contributed by atoms with Gasteiger partial charge in [0.25, 0.3) is 5.91 Å². The molecule has 1 N–H and O–H groups in total. The van der Waals surface area contributed by atoms with Gasteiger partial charge in [-0.05, 0) is 19.3 Å². The second-order valence-corrected chi connectivity index (χ2v) is 4.50. The fourth-order valence-electron chi connectivity index (χ4n) is 1.41. The number of hydrogen-bond donors (Lipinski definition) is 1. The number of nitrogens with one attached hydrogen (secondary N) is 1. The van der Waals surface area contributed by atoms with E-state index in [0.717, 1.165) is 6.42 Å². The van der Waals surface area contributed by atoms with Crippen molar-refractivity contribution >= 4 is 17.5 Å². The number of aryl methyl sites for hydroxylation is 1. The standard InChI is InChI=1S/C11H17ClN2O2/c1-7(2)9(4-5-12)13-11(15)10-6-8(3)16-14-10/h6-7,9H,4-5H2,1-3H3,(H,13,15). The van der Waals surface area contributed by atoms with Gasteiger partial charge in [0.1, 0.15) is 5.76 Å². The average molecular weight is 245 g/mol. The first-order valence-electron chi connectivity index (χ1n) is 5.34. The van der Waals surface area contributed by atoms with E-state index in [1.807, 2.05) is 13.8 Å². The van der Waals surface area contributed by atoms with Gasteiger partial charge in [-0.1, -0.05) is 19.0 Å². The highest BCUT2D eigenvalue weighted by Crippen LogP contribution is 2.09. The monoisotopic (exact) mass is 244 g/mol. The van der Waals surface area contributed by atoms with Crippen molar-refractivity contribution in [1.29, 1.82) is 0 Å². The first-order valence-corrected chi connectivity index (χ1v) is 5.88. The van der Waals surface area contributed by atoms with Crippen molar-refractivity contribution in [3.8, 4) is 0 Å². The number of hydrogen-bond acceptors (Lipinski definition) is 3. The van der Waals surface area contributed by atoms with E-state index in [1.54, 1.807) is 13.0 Å². The maximum absolute atomic E-state index is 11.8. The van der Waals surface area contributed by atoms with Crippen molar-refractivity contribution < 1.29 is 9.32 Å². The third-order valence-corrected chi connectivity index (χ3v) is 2.62. The minimum Gasteiger partial charge on any atom is -0.361 e. The maximum atomic E-state index is 11.8. The van der Waals surface area contributed by atoms with E-state index in [1.165, 1.54) is 0 Å². The van der Waals surface area contributed by atoms with Crippen LogP contribution >= 0.6 is 11.6 Å². The Morgan fingerprint density at radius 2 is 2.31 bits per heavy atom. The molecule has 1 rings (SSSR count). The Hall–Kier alpha value is -1.03. The number of carbonyl (C=O) groups excluding carboxylic acids is 1. The van der Waals surface area contributed by atoms with Gasteiger partial charge in [-0.25, -0.2) is 0 Å². The Labute approximate surface area is 100 Å². The molecule has 0 aliphatic carbocycles. The molecule has 0 saturated heterocycles. The summed E-state index contributed by atoms with van der Waals surface area (Å²) in [5.41, 5.74) is 0.317. The summed E-state index contributed by atoms with van der Waals surface area (Å²) >= 11 is 5.69. The van der Waals surface area contributed by atoms with Gasteiger partial charge in [-0.15, -0.1) is 11.6 Å². The molecule has 1 unspecified atom stereocenters. The van der Waals surface area contributed by atoms with Crippen LogP contribution in [0.15, 0.2) is 10.6 Å². The van der Waals surface area contributed by atoms with Crippen LogP contribution in [-0.4, -0.2) is 23.0 Å². The molecule has 4 nitrogen and oxygen atoms in total. The fraction of sp³-hybridized carbons (Fsp3) is 0.636. The summed E-state index contributed by atoms with van der Waals surface area (Å²) in [7, 11) is 0. The van der Waals surface area contributed by atoms with Crippen LogP contribution in [0.4, 0.5) is 0 Å². The largest absolute Gasteiger partial charge is 0.361 e. The zero-order valence-corrected chi connectivity index (χ0v) is 10.5. The minimum absolute atomic E-state index is 0.0713. The number of aromatic nitrogens is 1. The zero-order valence-electron chi connectivity index (χ0n) is 9.79. The smallest absolute Gasteiger partial charge is 0.273 e. The fourth-order valence-corrected chi connectivity index (χ4v) is 1.64. The summed E-state index contributed by atoms with van der Waals surface area (Å²) < 4.78 is 4.85. The second kappa shape index (κ2) is 5.89. The summed E-state index contributed by atoms with van der Waals surface area (Å²) in [5, 5.41) is 6.57. The SMILES string of the molecule is Cc1cc(C(=O)NC(CCCl)C(C)C)no1. The number of alkyl halides is 1. The van der Waals surface area contributed by atoms with Gasteiger partial charge in [0.15, 0.2) is 5.69 Å². The highest BCUT2D eigenvalue weighted by Gasteiger charge is 2.18. The van der Waals surface area contributed by atoms with E-state index in [-0.39, 0.29) is 11.9 Å². The Bertz CT molecular complexity index is 350. The predicted molar refractivity (Wildman–Crippen MR) is 62.7 cm³/mol. The molecule has 90 valence electrons. The van der Waals surface area contributed by atoms with Gasteiger partial charge in [0.05, 0.1) is 0 Å². The van der Waals surface area contributed by atoms with Crippen molar-refractivity contribution in [3.63, 3.8) is 0 Å². The molecule has 16 heavy (non-hydrogen) atoms. The van der Waals surface area contributed by atoms with Crippen molar-refractivity contribution in [1.82, 2.24) is 10.5 Å². The number of amides is 1. The molecule has 1 aromatic heterocycles. The summed E-state index contributed by atoms with van der Waals surface area (Å²) in [6.45, 7) is 5.85. The van der Waals surface area contributed by atoms with Crippen LogP contribution in [0.25, 0.3) is 0 Å². The lowest BCUT2D eigenvalue weighted by molar-refractivity contribution is 0.0915. The van der Waals surface area contributed by atoms with Crippen LogP contribution in [0.2, 0.25) is 0 Å². The molecule has 0 aromatic carbocycles. The first kappa shape index (κ1) is 13.0. The zero-order chi connectivity index (χ0) is 12.1. The molecule has 1 amide bonds. The Morgan fingerprint density at radius 3 is 2.75 bits per heavy atom. The van der Waals surface area contributed by atoms with Gasteiger partial charge in [-0.3, -0.25) is 4.79 Å². The van der Waals surface area contributed by atoms with Crippen LogP contribution in [0, 0.1) is 12.8 Å². The van der Waals surface area contributed by atoms with Crippen molar-refractivity contribution in [3.05, 3.63) is 17.5 Å². The molecule has 0 saturated carbocycles. The van der Waals surface area contributed by atoms with Gasteiger partial charge in [0.2, 0.25) is 0 Å². The van der Waals surface area contributed by atoms with E-state index in [4.69, 9.17) is 16.1 Å². The van der Waals surface area contributed by atoms with Gasteiger partial charge in [-0.2, -0.15) is 0 Å². The maximum Gasteiger partial charge on any atom is 0.273 e. The van der Waals surface area contributed by atoms with Crippen molar-refractivity contribution in [2.24, 2.45) is 5.92 Å². The number of carbonyl (C=O) groups is 1. The average Bonchev–Trinajstić information content (AvgIpc) is 2.64. The van der Waals surface area contributed by atoms with Crippen molar-refractivity contribution in [2.75, 3.05) is 5.88 Å². The van der Waals surface area contributed by atoms with Crippen LogP contribution in [0.5, 0.6) is 0 Å². The predicted octanol–water partition coefficient (Wildman–Crippen LogP) is 2.37. The molecule has 0 aliphatic rings. The molecule has 0 spiro atoms. The Balaban J connectivity index is 2.61. The third-order valence-electron chi connectivity index (χ3n) is 2.40. The molecular weight excluding hydrogens is 228 g/mol. The topological polar surface area (TPSA) is 55.1 Å².